The maximum atomic E-state index is 13.1. The Bertz CT molecular complexity index is 804. The van der Waals surface area contributed by atoms with E-state index in [1.54, 1.807) is 29.2 Å². The molecule has 142 valence electrons. The Morgan fingerprint density at radius 2 is 1.85 bits per heavy atom. The van der Waals surface area contributed by atoms with Crippen LogP contribution in [0.5, 0.6) is 5.75 Å². The van der Waals surface area contributed by atoms with Gasteiger partial charge in [0.1, 0.15) is 11.8 Å². The number of hydrogen-bond acceptors (Lipinski definition) is 5. The normalized spacial score (nSPS) is 14.7. The molecule has 6 nitrogen and oxygen atoms in total. The van der Waals surface area contributed by atoms with Crippen LogP contribution >= 0.6 is 0 Å². The van der Waals surface area contributed by atoms with Crippen molar-refractivity contribution in [2.24, 2.45) is 5.73 Å². The molecule has 2 N–H and O–H groups in total. The van der Waals surface area contributed by atoms with E-state index in [0.29, 0.717) is 17.9 Å². The molecule has 6 heteroatoms. The topological polar surface area (TPSA) is 81.9 Å². The highest BCUT2D eigenvalue weighted by molar-refractivity contribution is 5.98. The highest BCUT2D eigenvalue weighted by Gasteiger charge is 2.26. The smallest absolute Gasteiger partial charge is 0.343 e. The van der Waals surface area contributed by atoms with E-state index in [0.717, 1.165) is 24.9 Å². The molecule has 0 bridgehead atoms. The summed E-state index contributed by atoms with van der Waals surface area (Å²) in [5.74, 6) is -0.0534. The molecule has 2 aromatic carbocycles. The molecule has 1 heterocycles. The lowest BCUT2D eigenvalue weighted by Gasteiger charge is -2.26. The number of hydrogen-bond donors (Lipinski definition) is 1. The summed E-state index contributed by atoms with van der Waals surface area (Å²) in [5.41, 5.74) is 9.10. The summed E-state index contributed by atoms with van der Waals surface area (Å²) in [5, 5.41) is 0. The third-order valence-corrected chi connectivity index (χ3v) is 4.72. The Labute approximate surface area is 158 Å². The van der Waals surface area contributed by atoms with Gasteiger partial charge in [-0.15, -0.1) is 0 Å². The number of para-hydroxylation sites is 1. The molecule has 0 saturated heterocycles. The van der Waals surface area contributed by atoms with Crippen molar-refractivity contribution >= 4 is 17.6 Å². The number of methoxy groups -OCH3 is 1. The van der Waals surface area contributed by atoms with E-state index in [1.807, 2.05) is 18.2 Å². The summed E-state index contributed by atoms with van der Waals surface area (Å²) < 4.78 is 9.86. The second-order valence-electron chi connectivity index (χ2n) is 6.49. The number of anilines is 1. The van der Waals surface area contributed by atoms with E-state index in [2.05, 4.69) is 10.8 Å². The number of carbonyl (C=O) groups is 2. The van der Waals surface area contributed by atoms with Gasteiger partial charge < -0.3 is 20.1 Å². The molecule has 1 unspecified atom stereocenters. The third kappa shape index (κ3) is 4.46. The van der Waals surface area contributed by atoms with Gasteiger partial charge in [-0.2, -0.15) is 0 Å². The van der Waals surface area contributed by atoms with E-state index in [9.17, 15) is 9.59 Å². The van der Waals surface area contributed by atoms with Crippen LogP contribution in [0.1, 0.15) is 30.0 Å². The number of esters is 1. The van der Waals surface area contributed by atoms with Crippen molar-refractivity contribution in [2.75, 3.05) is 25.2 Å². The van der Waals surface area contributed by atoms with Gasteiger partial charge in [0.2, 0.25) is 5.91 Å². The molecule has 0 fully saturated rings. The zero-order valence-electron chi connectivity index (χ0n) is 15.4. The zero-order valence-corrected chi connectivity index (χ0v) is 15.4. The van der Waals surface area contributed by atoms with E-state index >= 15 is 0 Å². The molecule has 0 aliphatic carbocycles. The van der Waals surface area contributed by atoms with Crippen LogP contribution in [0.25, 0.3) is 0 Å². The molecule has 0 spiro atoms. The van der Waals surface area contributed by atoms with Crippen LogP contribution < -0.4 is 15.4 Å². The average Bonchev–Trinajstić information content (AvgIpc) is 2.94. The van der Waals surface area contributed by atoms with Crippen molar-refractivity contribution in [2.45, 2.75) is 25.3 Å². The third-order valence-electron chi connectivity index (χ3n) is 4.72. The molecule has 1 aliphatic heterocycles. The average molecular weight is 368 g/mol. The van der Waals surface area contributed by atoms with Crippen molar-refractivity contribution in [1.29, 1.82) is 0 Å². The number of benzene rings is 2. The fourth-order valence-corrected chi connectivity index (χ4v) is 3.20. The molecule has 2 aromatic rings. The molecule has 0 aromatic heterocycles. The fourth-order valence-electron chi connectivity index (χ4n) is 3.20. The van der Waals surface area contributed by atoms with Gasteiger partial charge in [-0.3, -0.25) is 4.79 Å². The molecule has 1 amide bonds. The van der Waals surface area contributed by atoms with Crippen LogP contribution in [0, 0.1) is 0 Å². The maximum absolute atomic E-state index is 13.1. The lowest BCUT2D eigenvalue weighted by molar-refractivity contribution is -0.142. The Balaban J connectivity index is 1.73. The number of rotatable bonds is 5. The first-order valence-electron chi connectivity index (χ1n) is 9.04. The fraction of sp³-hybridized carbons (Fsp3) is 0.333. The largest absolute Gasteiger partial charge is 0.482 e. The van der Waals surface area contributed by atoms with Gasteiger partial charge in [-0.1, -0.05) is 30.3 Å². The maximum Gasteiger partial charge on any atom is 0.343 e. The minimum atomic E-state index is -0.759. The second-order valence-corrected chi connectivity index (χ2v) is 6.49. The molecular formula is C21H24N2O4. The molecule has 0 radical (unpaired) electrons. The number of fused-ring (bicyclic) bond motifs is 1. The van der Waals surface area contributed by atoms with E-state index in [-0.39, 0.29) is 12.5 Å². The van der Waals surface area contributed by atoms with Crippen molar-refractivity contribution in [3.63, 3.8) is 0 Å². The van der Waals surface area contributed by atoms with Gasteiger partial charge in [0, 0.05) is 12.2 Å². The predicted molar refractivity (Wildman–Crippen MR) is 103 cm³/mol. The molecule has 0 saturated carbocycles. The van der Waals surface area contributed by atoms with E-state index in [4.69, 9.17) is 10.5 Å². The molecule has 27 heavy (non-hydrogen) atoms. The number of ether oxygens (including phenoxy) is 2. The number of nitrogens with zero attached hydrogens (tertiary/aromatic N) is 1. The molecule has 3 rings (SSSR count). The van der Waals surface area contributed by atoms with Crippen LogP contribution in [-0.4, -0.2) is 32.1 Å². The summed E-state index contributed by atoms with van der Waals surface area (Å²) in [6.45, 7) is 0.509. The first-order valence-corrected chi connectivity index (χ1v) is 9.04. The highest BCUT2D eigenvalue weighted by Crippen LogP contribution is 2.28. The highest BCUT2D eigenvalue weighted by atomic mass is 16.6. The van der Waals surface area contributed by atoms with Gasteiger partial charge in [0.15, 0.2) is 6.61 Å². The molecule has 1 aliphatic rings. The lowest BCUT2D eigenvalue weighted by Crippen LogP contribution is -2.39. The molecular weight excluding hydrogens is 344 g/mol. The van der Waals surface area contributed by atoms with Gasteiger partial charge in [-0.05, 0) is 48.6 Å². The quantitative estimate of drug-likeness (QED) is 0.821. The van der Waals surface area contributed by atoms with Crippen LogP contribution in [-0.2, 0) is 20.7 Å². The lowest BCUT2D eigenvalue weighted by atomic mass is 10.0. The van der Waals surface area contributed by atoms with Gasteiger partial charge in [0.25, 0.3) is 0 Å². The molecule has 1 atom stereocenters. The van der Waals surface area contributed by atoms with Crippen LogP contribution in [0.3, 0.4) is 0 Å². The first kappa shape index (κ1) is 18.9. The Kier molecular flexibility index (Phi) is 6.08. The minimum absolute atomic E-state index is 0.118. The number of carbonyl (C=O) groups excluding carboxylic acids is 2. The number of amides is 1. The summed E-state index contributed by atoms with van der Waals surface area (Å²) in [4.78, 5) is 26.0. The number of nitrogens with two attached hydrogens (primary N) is 1. The summed E-state index contributed by atoms with van der Waals surface area (Å²) in [6, 6.07) is 14.1. The van der Waals surface area contributed by atoms with Gasteiger partial charge in [0.05, 0.1) is 7.11 Å². The summed E-state index contributed by atoms with van der Waals surface area (Å²) >= 11 is 0. The zero-order chi connectivity index (χ0) is 19.2. The SMILES string of the molecule is COC(=O)COc1ccc(C(N)C(=O)N2CCCCc3ccccc32)cc1. The number of aryl methyl sites for hydroxylation is 1. The van der Waals surface area contributed by atoms with Crippen LogP contribution in [0.15, 0.2) is 48.5 Å². The van der Waals surface area contributed by atoms with Gasteiger partial charge >= 0.3 is 5.97 Å². The van der Waals surface area contributed by atoms with E-state index < -0.39 is 12.0 Å². The van der Waals surface area contributed by atoms with Crippen LogP contribution in [0.2, 0.25) is 0 Å². The Morgan fingerprint density at radius 3 is 2.59 bits per heavy atom. The van der Waals surface area contributed by atoms with Crippen molar-refractivity contribution < 1.29 is 19.1 Å². The summed E-state index contributed by atoms with van der Waals surface area (Å²) in [7, 11) is 1.31. The minimum Gasteiger partial charge on any atom is -0.482 e. The standard InChI is InChI=1S/C21H24N2O4/c1-26-19(24)14-27-17-11-9-16(10-12-17)20(22)21(25)23-13-5-4-7-15-6-2-3-8-18(15)23/h2-3,6,8-12,20H,4-5,7,13-14,22H2,1H3. The van der Waals surface area contributed by atoms with Crippen molar-refractivity contribution in [3.05, 3.63) is 59.7 Å². The first-order chi connectivity index (χ1) is 13.1. The van der Waals surface area contributed by atoms with Crippen LogP contribution in [0.4, 0.5) is 5.69 Å². The monoisotopic (exact) mass is 368 g/mol. The van der Waals surface area contributed by atoms with Crippen molar-refractivity contribution in [1.82, 2.24) is 0 Å². The predicted octanol–water partition coefficient (Wildman–Crippen LogP) is 2.61. The van der Waals surface area contributed by atoms with Crippen molar-refractivity contribution in [3.8, 4) is 5.75 Å². The second kappa shape index (κ2) is 8.68. The summed E-state index contributed by atoms with van der Waals surface area (Å²) in [6.07, 6.45) is 2.98. The van der Waals surface area contributed by atoms with E-state index in [1.165, 1.54) is 12.7 Å². The Morgan fingerprint density at radius 1 is 1.11 bits per heavy atom. The Hall–Kier alpha value is -2.86. The van der Waals surface area contributed by atoms with Gasteiger partial charge in [-0.25, -0.2) is 4.79 Å².